The lowest BCUT2D eigenvalue weighted by molar-refractivity contribution is 0.0812. The molecule has 2 aromatic rings. The first-order chi connectivity index (χ1) is 9.66. The molecule has 0 saturated carbocycles. The van der Waals surface area contributed by atoms with Crippen molar-refractivity contribution in [2.75, 3.05) is 13.6 Å². The van der Waals surface area contributed by atoms with Crippen LogP contribution in [0.5, 0.6) is 5.75 Å². The monoisotopic (exact) mass is 273 g/mol. The Morgan fingerprint density at radius 1 is 1.20 bits per heavy atom. The molecule has 20 heavy (non-hydrogen) atoms. The molecule has 0 saturated heterocycles. The fourth-order valence-electron chi connectivity index (χ4n) is 2.77. The number of aliphatic hydroxyl groups is 1. The molecular weight excluding hydrogens is 257 g/mol. The summed E-state index contributed by atoms with van der Waals surface area (Å²) in [6.45, 7) is 0.398. The van der Waals surface area contributed by atoms with Crippen molar-refractivity contribution in [1.29, 1.82) is 0 Å². The Kier molecular flexibility index (Phi) is 3.20. The van der Waals surface area contributed by atoms with Crippen LogP contribution >= 0.6 is 0 Å². The Bertz CT molecular complexity index is 644. The summed E-state index contributed by atoms with van der Waals surface area (Å²) in [5.74, 6) is 0.227. The van der Waals surface area contributed by atoms with Gasteiger partial charge in [-0.15, -0.1) is 0 Å². The largest absolute Gasteiger partial charge is 0.488 e. The number of fused-ring (bicyclic) bond motifs is 2. The molecule has 2 N–H and O–H groups in total. The van der Waals surface area contributed by atoms with Crippen molar-refractivity contribution in [3.8, 4) is 5.75 Å². The normalized spacial score (nSPS) is 20.6. The number of nitrogens with one attached hydrogen (secondary N) is 1. The van der Waals surface area contributed by atoms with E-state index in [2.05, 4.69) is 5.32 Å². The molecule has 0 fully saturated rings. The van der Waals surface area contributed by atoms with Gasteiger partial charge in [0.15, 0.2) is 0 Å². The fraction of sp³-hybridized carbons (Fsp3) is 0.250. The first-order valence-corrected chi connectivity index (χ1v) is 6.54. The molecule has 0 aromatic heterocycles. The quantitative estimate of drug-likeness (QED) is 0.881. The highest BCUT2D eigenvalue weighted by Crippen LogP contribution is 2.40. The molecule has 1 atom stereocenters. The summed E-state index contributed by atoms with van der Waals surface area (Å²) in [4.78, 5) is 0. The molecule has 3 nitrogen and oxygen atoms in total. The van der Waals surface area contributed by atoms with Gasteiger partial charge in [0, 0.05) is 17.7 Å². The van der Waals surface area contributed by atoms with E-state index in [0.717, 1.165) is 0 Å². The maximum atomic E-state index is 14.0. The standard InChI is InChI=1S/C16H16FNO2/c1-18-10-16(19)12-6-4-7-14(17)11(12)9-20-15-8-3-2-5-13(15)16/h2-8,18-19H,9-10H2,1H3. The van der Waals surface area contributed by atoms with Crippen molar-refractivity contribution in [2.24, 2.45) is 0 Å². The van der Waals surface area contributed by atoms with Gasteiger partial charge in [-0.2, -0.15) is 0 Å². The lowest BCUT2D eigenvalue weighted by atomic mass is 9.83. The van der Waals surface area contributed by atoms with E-state index in [4.69, 9.17) is 4.74 Å². The van der Waals surface area contributed by atoms with Crippen molar-refractivity contribution < 1.29 is 14.2 Å². The second kappa shape index (κ2) is 4.89. The topological polar surface area (TPSA) is 41.5 Å². The molecule has 1 aliphatic rings. The minimum absolute atomic E-state index is 0.116. The first kappa shape index (κ1) is 13.1. The zero-order valence-corrected chi connectivity index (χ0v) is 11.2. The van der Waals surface area contributed by atoms with Gasteiger partial charge in [-0.05, 0) is 24.7 Å². The Balaban J connectivity index is 2.28. The van der Waals surface area contributed by atoms with E-state index in [-0.39, 0.29) is 19.0 Å². The third-order valence-electron chi connectivity index (χ3n) is 3.70. The highest BCUT2D eigenvalue weighted by atomic mass is 19.1. The number of para-hydroxylation sites is 1. The van der Waals surface area contributed by atoms with Gasteiger partial charge < -0.3 is 15.2 Å². The lowest BCUT2D eigenvalue weighted by Crippen LogP contribution is -2.38. The van der Waals surface area contributed by atoms with Crippen molar-refractivity contribution >= 4 is 0 Å². The summed E-state index contributed by atoms with van der Waals surface area (Å²) in [5.41, 5.74) is 0.302. The van der Waals surface area contributed by atoms with Gasteiger partial charge in [0.05, 0.1) is 0 Å². The number of benzene rings is 2. The summed E-state index contributed by atoms with van der Waals surface area (Å²) < 4.78 is 19.7. The number of halogens is 1. The number of ether oxygens (including phenoxy) is 1. The molecule has 0 radical (unpaired) electrons. The minimum Gasteiger partial charge on any atom is -0.488 e. The maximum absolute atomic E-state index is 14.0. The third-order valence-corrected chi connectivity index (χ3v) is 3.70. The lowest BCUT2D eigenvalue weighted by Gasteiger charge is -2.29. The highest BCUT2D eigenvalue weighted by molar-refractivity contribution is 5.49. The summed E-state index contributed by atoms with van der Waals surface area (Å²) in [7, 11) is 1.76. The summed E-state index contributed by atoms with van der Waals surface area (Å²) >= 11 is 0. The molecule has 0 bridgehead atoms. The van der Waals surface area contributed by atoms with E-state index in [9.17, 15) is 9.50 Å². The minimum atomic E-state index is -1.31. The van der Waals surface area contributed by atoms with Crippen LogP contribution < -0.4 is 10.1 Å². The summed E-state index contributed by atoms with van der Waals surface area (Å²) in [6.07, 6.45) is 0. The van der Waals surface area contributed by atoms with Gasteiger partial charge in [0.25, 0.3) is 0 Å². The first-order valence-electron chi connectivity index (χ1n) is 6.54. The van der Waals surface area contributed by atoms with Crippen molar-refractivity contribution in [2.45, 2.75) is 12.2 Å². The molecule has 0 aliphatic carbocycles. The molecule has 104 valence electrons. The molecular formula is C16H16FNO2. The van der Waals surface area contributed by atoms with Gasteiger partial charge in [-0.25, -0.2) is 4.39 Å². The van der Waals surface area contributed by atoms with Crippen LogP contribution in [-0.2, 0) is 12.2 Å². The number of hydrogen-bond donors (Lipinski definition) is 2. The molecule has 0 spiro atoms. The molecule has 1 heterocycles. The zero-order valence-electron chi connectivity index (χ0n) is 11.2. The Labute approximate surface area is 117 Å². The molecule has 4 heteroatoms. The van der Waals surface area contributed by atoms with E-state index in [1.54, 1.807) is 25.2 Å². The smallest absolute Gasteiger partial charge is 0.131 e. The van der Waals surface area contributed by atoms with Gasteiger partial charge in [-0.3, -0.25) is 0 Å². The Morgan fingerprint density at radius 2 is 1.95 bits per heavy atom. The van der Waals surface area contributed by atoms with Crippen LogP contribution in [0.15, 0.2) is 42.5 Å². The number of rotatable bonds is 2. The van der Waals surface area contributed by atoms with Crippen molar-refractivity contribution in [3.63, 3.8) is 0 Å². The average molecular weight is 273 g/mol. The van der Waals surface area contributed by atoms with E-state index in [0.29, 0.717) is 22.4 Å². The van der Waals surface area contributed by atoms with E-state index >= 15 is 0 Å². The van der Waals surface area contributed by atoms with E-state index < -0.39 is 5.60 Å². The third kappa shape index (κ3) is 1.88. The fourth-order valence-corrected chi connectivity index (χ4v) is 2.77. The van der Waals surface area contributed by atoms with Crippen LogP contribution in [-0.4, -0.2) is 18.7 Å². The second-order valence-electron chi connectivity index (χ2n) is 4.94. The second-order valence-corrected chi connectivity index (χ2v) is 4.94. The van der Waals surface area contributed by atoms with Gasteiger partial charge >= 0.3 is 0 Å². The summed E-state index contributed by atoms with van der Waals surface area (Å²) in [5, 5.41) is 14.1. The Morgan fingerprint density at radius 3 is 2.75 bits per heavy atom. The highest BCUT2D eigenvalue weighted by Gasteiger charge is 2.38. The van der Waals surface area contributed by atoms with Crippen LogP contribution in [0.4, 0.5) is 4.39 Å². The average Bonchev–Trinajstić information content (AvgIpc) is 2.57. The summed E-state index contributed by atoms with van der Waals surface area (Å²) in [6, 6.07) is 12.0. The van der Waals surface area contributed by atoms with Crippen LogP contribution in [0.1, 0.15) is 16.7 Å². The molecule has 3 rings (SSSR count). The van der Waals surface area contributed by atoms with Gasteiger partial charge in [-0.1, -0.05) is 30.3 Å². The maximum Gasteiger partial charge on any atom is 0.131 e. The molecule has 1 unspecified atom stereocenters. The molecule has 0 amide bonds. The van der Waals surface area contributed by atoms with Crippen LogP contribution in [0, 0.1) is 5.82 Å². The predicted octanol–water partition coefficient (Wildman–Crippen LogP) is 2.17. The van der Waals surface area contributed by atoms with Crippen molar-refractivity contribution in [3.05, 3.63) is 65.0 Å². The SMILES string of the molecule is CNCC1(O)c2ccccc2OCc2c(F)cccc21. The molecule has 2 aromatic carbocycles. The van der Waals surface area contributed by atoms with Gasteiger partial charge in [0.1, 0.15) is 23.8 Å². The van der Waals surface area contributed by atoms with Crippen LogP contribution in [0.25, 0.3) is 0 Å². The molecule has 1 aliphatic heterocycles. The van der Waals surface area contributed by atoms with Crippen LogP contribution in [0.2, 0.25) is 0 Å². The predicted molar refractivity (Wildman–Crippen MR) is 74.1 cm³/mol. The number of hydrogen-bond acceptors (Lipinski definition) is 3. The van der Waals surface area contributed by atoms with E-state index in [1.165, 1.54) is 6.07 Å². The van der Waals surface area contributed by atoms with Crippen molar-refractivity contribution in [1.82, 2.24) is 5.32 Å². The van der Waals surface area contributed by atoms with Crippen LogP contribution in [0.3, 0.4) is 0 Å². The Hall–Kier alpha value is -1.91. The van der Waals surface area contributed by atoms with E-state index in [1.807, 2.05) is 18.2 Å². The zero-order chi connectivity index (χ0) is 14.2. The van der Waals surface area contributed by atoms with Gasteiger partial charge in [0.2, 0.25) is 0 Å². The number of likely N-dealkylation sites (N-methyl/N-ethyl adjacent to an activating group) is 1.